The zero-order valence-corrected chi connectivity index (χ0v) is 11.5. The Hall–Kier alpha value is -1.69. The SMILES string of the molecule is CC1CC(Oc2c(F)cc(C(=N)N)cc2F)CC(C)O1. The normalized spacial score (nSPS) is 26.3. The standard InChI is InChI=1S/C14H18F2N2O2/c1-7-3-10(4-8(2)19-7)20-13-11(15)5-9(14(17)18)6-12(13)16/h5-8,10H,3-4H2,1-2H3,(H3,17,18). The van der Waals surface area contributed by atoms with Gasteiger partial charge in [0.15, 0.2) is 17.4 Å². The predicted octanol–water partition coefficient (Wildman–Crippen LogP) is 2.58. The van der Waals surface area contributed by atoms with Crippen LogP contribution in [0, 0.1) is 17.0 Å². The molecular weight excluding hydrogens is 266 g/mol. The van der Waals surface area contributed by atoms with Crippen molar-refractivity contribution in [2.24, 2.45) is 5.73 Å². The van der Waals surface area contributed by atoms with E-state index in [0.717, 1.165) is 12.1 Å². The molecule has 0 radical (unpaired) electrons. The molecule has 2 rings (SSSR count). The number of halogens is 2. The van der Waals surface area contributed by atoms with Gasteiger partial charge < -0.3 is 15.2 Å². The maximum atomic E-state index is 13.9. The number of nitrogens with one attached hydrogen (secondary N) is 1. The summed E-state index contributed by atoms with van der Waals surface area (Å²) in [5, 5.41) is 7.19. The molecule has 6 heteroatoms. The first-order valence-electron chi connectivity index (χ1n) is 6.52. The van der Waals surface area contributed by atoms with Gasteiger partial charge in [-0.25, -0.2) is 8.78 Å². The van der Waals surface area contributed by atoms with E-state index in [2.05, 4.69) is 0 Å². The largest absolute Gasteiger partial charge is 0.484 e. The first-order valence-corrected chi connectivity index (χ1v) is 6.52. The second-order valence-electron chi connectivity index (χ2n) is 5.15. The van der Waals surface area contributed by atoms with Crippen molar-refractivity contribution in [2.45, 2.75) is 45.0 Å². The van der Waals surface area contributed by atoms with Crippen LogP contribution < -0.4 is 10.5 Å². The molecule has 110 valence electrons. The lowest BCUT2D eigenvalue weighted by Crippen LogP contribution is -2.36. The van der Waals surface area contributed by atoms with Gasteiger partial charge in [0.1, 0.15) is 11.9 Å². The molecule has 2 atom stereocenters. The fourth-order valence-electron chi connectivity index (χ4n) is 2.44. The third kappa shape index (κ3) is 3.25. The molecule has 1 aliphatic rings. The van der Waals surface area contributed by atoms with Crippen molar-refractivity contribution in [3.8, 4) is 5.75 Å². The Balaban J connectivity index is 2.19. The molecule has 1 aliphatic heterocycles. The summed E-state index contributed by atoms with van der Waals surface area (Å²) < 4.78 is 38.7. The van der Waals surface area contributed by atoms with E-state index in [1.165, 1.54) is 0 Å². The molecule has 1 heterocycles. The lowest BCUT2D eigenvalue weighted by atomic mass is 10.0. The molecule has 0 spiro atoms. The van der Waals surface area contributed by atoms with Crippen molar-refractivity contribution in [2.75, 3.05) is 0 Å². The van der Waals surface area contributed by atoms with Gasteiger partial charge in [0.2, 0.25) is 0 Å². The van der Waals surface area contributed by atoms with Gasteiger partial charge >= 0.3 is 0 Å². The van der Waals surface area contributed by atoms with E-state index in [4.69, 9.17) is 20.6 Å². The summed E-state index contributed by atoms with van der Waals surface area (Å²) in [6.45, 7) is 3.80. The Bertz CT molecular complexity index is 489. The zero-order chi connectivity index (χ0) is 14.9. The highest BCUT2D eigenvalue weighted by Crippen LogP contribution is 2.29. The van der Waals surface area contributed by atoms with Gasteiger partial charge in [-0.2, -0.15) is 0 Å². The summed E-state index contributed by atoms with van der Waals surface area (Å²) >= 11 is 0. The highest BCUT2D eigenvalue weighted by molar-refractivity contribution is 5.95. The summed E-state index contributed by atoms with van der Waals surface area (Å²) in [6.07, 6.45) is 0.855. The molecule has 1 saturated heterocycles. The Morgan fingerprint density at radius 1 is 1.25 bits per heavy atom. The van der Waals surface area contributed by atoms with Crippen LogP contribution in [-0.4, -0.2) is 24.1 Å². The second kappa shape index (κ2) is 5.75. The molecule has 0 aromatic heterocycles. The first kappa shape index (κ1) is 14.7. The van der Waals surface area contributed by atoms with E-state index in [1.54, 1.807) is 0 Å². The predicted molar refractivity (Wildman–Crippen MR) is 71.0 cm³/mol. The molecule has 20 heavy (non-hydrogen) atoms. The van der Waals surface area contributed by atoms with Gasteiger partial charge in [-0.1, -0.05) is 0 Å². The Morgan fingerprint density at radius 2 is 1.75 bits per heavy atom. The highest BCUT2D eigenvalue weighted by Gasteiger charge is 2.27. The Labute approximate surface area is 116 Å². The molecular formula is C14H18F2N2O2. The fourth-order valence-corrected chi connectivity index (χ4v) is 2.44. The van der Waals surface area contributed by atoms with E-state index in [1.807, 2.05) is 13.8 Å². The van der Waals surface area contributed by atoms with E-state index < -0.39 is 17.4 Å². The van der Waals surface area contributed by atoms with Crippen LogP contribution in [0.3, 0.4) is 0 Å². The van der Waals surface area contributed by atoms with Crippen molar-refractivity contribution in [1.29, 1.82) is 5.41 Å². The minimum Gasteiger partial charge on any atom is -0.484 e. The monoisotopic (exact) mass is 284 g/mol. The van der Waals surface area contributed by atoms with Gasteiger partial charge in [-0.15, -0.1) is 0 Å². The molecule has 1 aromatic rings. The number of hydrogen-bond acceptors (Lipinski definition) is 3. The third-order valence-electron chi connectivity index (χ3n) is 3.25. The van der Waals surface area contributed by atoms with Crippen LogP contribution in [0.4, 0.5) is 8.78 Å². The number of benzene rings is 1. The molecule has 1 fully saturated rings. The number of ether oxygens (including phenoxy) is 2. The van der Waals surface area contributed by atoms with Crippen molar-refractivity contribution in [3.63, 3.8) is 0 Å². The molecule has 0 bridgehead atoms. The van der Waals surface area contributed by atoms with Gasteiger partial charge in [-0.3, -0.25) is 5.41 Å². The number of nitrogens with two attached hydrogens (primary N) is 1. The average molecular weight is 284 g/mol. The Kier molecular flexibility index (Phi) is 4.23. The maximum Gasteiger partial charge on any atom is 0.191 e. The van der Waals surface area contributed by atoms with Crippen LogP contribution in [-0.2, 0) is 4.74 Å². The van der Waals surface area contributed by atoms with Crippen molar-refractivity contribution < 1.29 is 18.3 Å². The number of hydrogen-bond donors (Lipinski definition) is 2. The Morgan fingerprint density at radius 3 is 2.20 bits per heavy atom. The first-order chi connectivity index (χ1) is 9.36. The summed E-state index contributed by atoms with van der Waals surface area (Å²) in [6, 6.07) is 2.01. The van der Waals surface area contributed by atoms with Gasteiger partial charge in [0.05, 0.1) is 12.2 Å². The quantitative estimate of drug-likeness (QED) is 0.662. The summed E-state index contributed by atoms with van der Waals surface area (Å²) in [5.74, 6) is -2.49. The van der Waals surface area contributed by atoms with Crippen LogP contribution in [0.2, 0.25) is 0 Å². The van der Waals surface area contributed by atoms with Crippen LogP contribution in [0.5, 0.6) is 5.75 Å². The third-order valence-corrected chi connectivity index (χ3v) is 3.25. The van der Waals surface area contributed by atoms with Gasteiger partial charge in [-0.05, 0) is 26.0 Å². The lowest BCUT2D eigenvalue weighted by Gasteiger charge is -2.32. The number of amidine groups is 1. The maximum absolute atomic E-state index is 13.9. The minimum absolute atomic E-state index is 0.000985. The van der Waals surface area contributed by atoms with Gasteiger partial charge in [0, 0.05) is 18.4 Å². The van der Waals surface area contributed by atoms with Crippen molar-refractivity contribution >= 4 is 5.84 Å². The van der Waals surface area contributed by atoms with Crippen LogP contribution in [0.1, 0.15) is 32.3 Å². The van der Waals surface area contributed by atoms with Crippen LogP contribution >= 0.6 is 0 Å². The van der Waals surface area contributed by atoms with Crippen molar-refractivity contribution in [1.82, 2.24) is 0 Å². The van der Waals surface area contributed by atoms with Crippen LogP contribution in [0.15, 0.2) is 12.1 Å². The van der Waals surface area contributed by atoms with Crippen molar-refractivity contribution in [3.05, 3.63) is 29.3 Å². The molecule has 0 saturated carbocycles. The average Bonchev–Trinajstić information content (AvgIpc) is 2.32. The molecule has 3 N–H and O–H groups in total. The van der Waals surface area contributed by atoms with Gasteiger partial charge in [0.25, 0.3) is 0 Å². The minimum atomic E-state index is -0.845. The second-order valence-corrected chi connectivity index (χ2v) is 5.15. The zero-order valence-electron chi connectivity index (χ0n) is 11.5. The fraction of sp³-hybridized carbons (Fsp3) is 0.500. The molecule has 1 aromatic carbocycles. The summed E-state index contributed by atoms with van der Waals surface area (Å²) in [4.78, 5) is 0. The van der Waals surface area contributed by atoms with E-state index in [0.29, 0.717) is 12.8 Å². The van der Waals surface area contributed by atoms with E-state index >= 15 is 0 Å². The van der Waals surface area contributed by atoms with Crippen LogP contribution in [0.25, 0.3) is 0 Å². The van der Waals surface area contributed by atoms with E-state index in [-0.39, 0.29) is 29.7 Å². The molecule has 2 unspecified atom stereocenters. The summed E-state index contributed by atoms with van der Waals surface area (Å²) in [7, 11) is 0. The topological polar surface area (TPSA) is 68.3 Å². The molecule has 0 amide bonds. The smallest absolute Gasteiger partial charge is 0.191 e. The molecule has 4 nitrogen and oxygen atoms in total. The summed E-state index contributed by atoms with van der Waals surface area (Å²) in [5.41, 5.74) is 5.22. The number of nitrogen functional groups attached to an aromatic ring is 1. The number of rotatable bonds is 3. The highest BCUT2D eigenvalue weighted by atomic mass is 19.1. The lowest BCUT2D eigenvalue weighted by molar-refractivity contribution is -0.0734. The molecule has 0 aliphatic carbocycles. The van der Waals surface area contributed by atoms with E-state index in [9.17, 15) is 8.78 Å².